The van der Waals surface area contributed by atoms with Crippen LogP contribution in [-0.4, -0.2) is 44.3 Å². The molecule has 0 amide bonds. The minimum absolute atomic E-state index is 0.127. The summed E-state index contributed by atoms with van der Waals surface area (Å²) in [7, 11) is -2.92. The molecule has 112 valence electrons. The van der Waals surface area contributed by atoms with E-state index in [1.165, 1.54) is 12.1 Å². The van der Waals surface area contributed by atoms with Crippen LogP contribution in [0.3, 0.4) is 0 Å². The molecule has 0 bridgehead atoms. The first-order valence-electron chi connectivity index (χ1n) is 6.01. The third kappa shape index (κ3) is 4.68. The van der Waals surface area contributed by atoms with Crippen molar-refractivity contribution in [3.63, 3.8) is 0 Å². The van der Waals surface area contributed by atoms with E-state index in [-0.39, 0.29) is 17.3 Å². The van der Waals surface area contributed by atoms with Crippen molar-refractivity contribution in [1.29, 1.82) is 0 Å². The molecule has 1 saturated heterocycles. The minimum Gasteiger partial charge on any atom is -0.406 e. The summed E-state index contributed by atoms with van der Waals surface area (Å²) in [5, 5.41) is 0. The maximum atomic E-state index is 12.0. The van der Waals surface area contributed by atoms with Gasteiger partial charge in [0.05, 0.1) is 11.5 Å². The monoisotopic (exact) mass is 309 g/mol. The highest BCUT2D eigenvalue weighted by molar-refractivity contribution is 7.91. The number of hydrogen-bond acceptors (Lipinski definition) is 4. The van der Waals surface area contributed by atoms with Gasteiger partial charge in [-0.25, -0.2) is 8.42 Å². The minimum atomic E-state index is -4.69. The molecule has 0 spiro atoms. The predicted molar refractivity (Wildman–Crippen MR) is 67.1 cm³/mol. The molecule has 1 heterocycles. The second-order valence-corrected chi connectivity index (χ2v) is 6.92. The molecule has 0 aliphatic carbocycles. The molecule has 0 saturated carbocycles. The average Bonchev–Trinajstić information content (AvgIpc) is 2.32. The van der Waals surface area contributed by atoms with Gasteiger partial charge in [-0.15, -0.1) is 13.2 Å². The van der Waals surface area contributed by atoms with Crippen molar-refractivity contribution < 1.29 is 26.3 Å². The number of sulfone groups is 1. The Bertz CT molecular complexity index is 540. The van der Waals surface area contributed by atoms with Gasteiger partial charge in [-0.1, -0.05) is 12.1 Å². The molecule has 0 aromatic heterocycles. The predicted octanol–water partition coefficient (Wildman–Crippen LogP) is 1.82. The first kappa shape index (κ1) is 15.1. The smallest absolute Gasteiger partial charge is 0.406 e. The summed E-state index contributed by atoms with van der Waals surface area (Å²) in [4.78, 5) is 1.96. The molecule has 20 heavy (non-hydrogen) atoms. The van der Waals surface area contributed by atoms with Crippen LogP contribution in [0.25, 0.3) is 0 Å². The normalized spacial score (nSPS) is 19.8. The van der Waals surface area contributed by atoms with E-state index in [1.54, 1.807) is 12.1 Å². The third-order valence-corrected chi connectivity index (χ3v) is 4.61. The van der Waals surface area contributed by atoms with Crippen LogP contribution in [0.4, 0.5) is 13.2 Å². The third-order valence-electron chi connectivity index (χ3n) is 3.00. The van der Waals surface area contributed by atoms with Crippen molar-refractivity contribution in [3.8, 4) is 5.75 Å². The van der Waals surface area contributed by atoms with E-state index in [9.17, 15) is 21.6 Å². The fourth-order valence-electron chi connectivity index (χ4n) is 1.96. The number of halogens is 3. The van der Waals surface area contributed by atoms with Gasteiger partial charge in [0.15, 0.2) is 9.84 Å². The highest BCUT2D eigenvalue weighted by Gasteiger charge is 2.31. The Morgan fingerprint density at radius 1 is 1.10 bits per heavy atom. The fraction of sp³-hybridized carbons (Fsp3) is 0.500. The van der Waals surface area contributed by atoms with E-state index in [4.69, 9.17) is 0 Å². The van der Waals surface area contributed by atoms with Gasteiger partial charge < -0.3 is 4.74 Å². The second kappa shape index (κ2) is 5.61. The molecule has 2 rings (SSSR count). The zero-order valence-corrected chi connectivity index (χ0v) is 11.4. The molecule has 0 atom stereocenters. The van der Waals surface area contributed by atoms with Crippen LogP contribution in [-0.2, 0) is 16.4 Å². The summed E-state index contributed by atoms with van der Waals surface area (Å²) in [6, 6.07) is 5.60. The van der Waals surface area contributed by atoms with Crippen molar-refractivity contribution in [2.24, 2.45) is 0 Å². The lowest BCUT2D eigenvalue weighted by Crippen LogP contribution is -2.39. The Hall–Kier alpha value is -1.28. The van der Waals surface area contributed by atoms with E-state index in [1.807, 2.05) is 4.90 Å². The van der Waals surface area contributed by atoms with E-state index in [0.29, 0.717) is 19.6 Å². The van der Waals surface area contributed by atoms with E-state index >= 15 is 0 Å². The molecule has 4 nitrogen and oxygen atoms in total. The van der Waals surface area contributed by atoms with Crippen LogP contribution >= 0.6 is 0 Å². The van der Waals surface area contributed by atoms with Gasteiger partial charge in [-0.3, -0.25) is 4.90 Å². The summed E-state index contributed by atoms with van der Waals surface area (Å²) in [6.07, 6.45) is -4.69. The Labute approximate surface area is 115 Å². The first-order valence-corrected chi connectivity index (χ1v) is 7.83. The van der Waals surface area contributed by atoms with Gasteiger partial charge in [0, 0.05) is 19.6 Å². The average molecular weight is 309 g/mol. The molecule has 1 aliphatic rings. The van der Waals surface area contributed by atoms with Crippen LogP contribution < -0.4 is 4.74 Å². The van der Waals surface area contributed by atoms with Gasteiger partial charge in [0.25, 0.3) is 0 Å². The van der Waals surface area contributed by atoms with Crippen LogP contribution in [0.1, 0.15) is 5.56 Å². The summed E-state index contributed by atoms with van der Waals surface area (Å²) in [5.74, 6) is -0.00710. The van der Waals surface area contributed by atoms with Gasteiger partial charge in [-0.2, -0.15) is 0 Å². The molecule has 1 aromatic carbocycles. The maximum absolute atomic E-state index is 12.0. The zero-order chi connectivity index (χ0) is 14.8. The Kier molecular flexibility index (Phi) is 4.24. The molecule has 0 unspecified atom stereocenters. The Balaban J connectivity index is 1.91. The van der Waals surface area contributed by atoms with Crippen LogP contribution in [0.5, 0.6) is 5.75 Å². The summed E-state index contributed by atoms with van der Waals surface area (Å²) < 4.78 is 62.3. The largest absolute Gasteiger partial charge is 0.573 e. The van der Waals surface area contributed by atoms with Crippen molar-refractivity contribution in [2.45, 2.75) is 12.9 Å². The summed E-state index contributed by atoms with van der Waals surface area (Å²) in [6.45, 7) is 1.41. The Morgan fingerprint density at radius 2 is 1.65 bits per heavy atom. The number of nitrogens with zero attached hydrogens (tertiary/aromatic N) is 1. The number of rotatable bonds is 3. The number of ether oxygens (including phenoxy) is 1. The quantitative estimate of drug-likeness (QED) is 0.854. The lowest BCUT2D eigenvalue weighted by Gasteiger charge is -2.26. The topological polar surface area (TPSA) is 46.6 Å². The zero-order valence-electron chi connectivity index (χ0n) is 10.6. The molecular formula is C12H14F3NO3S. The van der Waals surface area contributed by atoms with Crippen molar-refractivity contribution in [1.82, 2.24) is 4.90 Å². The van der Waals surface area contributed by atoms with Gasteiger partial charge in [-0.05, 0) is 17.7 Å². The van der Waals surface area contributed by atoms with Crippen molar-refractivity contribution in [3.05, 3.63) is 29.8 Å². The van der Waals surface area contributed by atoms with Crippen LogP contribution in [0, 0.1) is 0 Å². The van der Waals surface area contributed by atoms with E-state index in [0.717, 1.165) is 5.56 Å². The van der Waals surface area contributed by atoms with Crippen LogP contribution in [0.15, 0.2) is 24.3 Å². The number of alkyl halides is 3. The fourth-order valence-corrected chi connectivity index (χ4v) is 3.24. The SMILES string of the molecule is O=S1(=O)CCN(Cc2ccc(OC(F)(F)F)cc2)CC1. The van der Waals surface area contributed by atoms with Gasteiger partial charge in [0.2, 0.25) is 0 Å². The number of hydrogen-bond donors (Lipinski definition) is 0. The molecule has 1 aliphatic heterocycles. The van der Waals surface area contributed by atoms with Crippen molar-refractivity contribution in [2.75, 3.05) is 24.6 Å². The molecule has 0 radical (unpaired) electrons. The molecule has 1 fully saturated rings. The second-order valence-electron chi connectivity index (χ2n) is 4.62. The summed E-state index contributed by atoms with van der Waals surface area (Å²) in [5.41, 5.74) is 0.818. The van der Waals surface area contributed by atoms with Gasteiger partial charge in [0.1, 0.15) is 5.75 Å². The maximum Gasteiger partial charge on any atom is 0.573 e. The standard InChI is InChI=1S/C12H14F3NO3S/c13-12(14,15)19-11-3-1-10(2-4-11)9-16-5-7-20(17,18)8-6-16/h1-4H,5-9H2. The first-order chi connectivity index (χ1) is 9.23. The lowest BCUT2D eigenvalue weighted by atomic mass is 10.2. The van der Waals surface area contributed by atoms with Gasteiger partial charge >= 0.3 is 6.36 Å². The molecule has 8 heteroatoms. The molecular weight excluding hydrogens is 295 g/mol. The highest BCUT2D eigenvalue weighted by atomic mass is 32.2. The highest BCUT2D eigenvalue weighted by Crippen LogP contribution is 2.23. The van der Waals surface area contributed by atoms with E-state index in [2.05, 4.69) is 4.74 Å². The lowest BCUT2D eigenvalue weighted by molar-refractivity contribution is -0.274. The Morgan fingerprint density at radius 3 is 2.15 bits per heavy atom. The molecule has 0 N–H and O–H groups in total. The van der Waals surface area contributed by atoms with Crippen LogP contribution in [0.2, 0.25) is 0 Å². The van der Waals surface area contributed by atoms with Crippen molar-refractivity contribution >= 4 is 9.84 Å². The molecule has 1 aromatic rings. The van der Waals surface area contributed by atoms with E-state index < -0.39 is 16.2 Å². The number of benzene rings is 1. The summed E-state index contributed by atoms with van der Waals surface area (Å²) >= 11 is 0.